The van der Waals surface area contributed by atoms with Gasteiger partial charge in [-0.05, 0) is 88.8 Å². The number of anilines is 1. The van der Waals surface area contributed by atoms with E-state index >= 15 is 4.39 Å². The number of likely N-dealkylation sites (tertiary alicyclic amines) is 1. The number of nitrogens with one attached hydrogen (secondary N) is 1. The van der Waals surface area contributed by atoms with Crippen LogP contribution in [0.4, 0.5) is 10.2 Å². The number of aryl methyl sites for hydroxylation is 1. The smallest absolute Gasteiger partial charge is 0.319 e. The number of pyridine rings is 1. The fraction of sp³-hybridized carbons (Fsp3) is 0.641. The number of halogens is 2. The van der Waals surface area contributed by atoms with Gasteiger partial charge < -0.3 is 29.0 Å². The van der Waals surface area contributed by atoms with Crippen LogP contribution in [0, 0.1) is 23.6 Å². The highest BCUT2D eigenvalue weighted by atomic mass is 35.5. The van der Waals surface area contributed by atoms with Gasteiger partial charge in [-0.25, -0.2) is 9.37 Å². The van der Waals surface area contributed by atoms with Crippen molar-refractivity contribution >= 4 is 39.2 Å². The maximum Gasteiger partial charge on any atom is 0.319 e. The number of benzene rings is 1. The number of hydrogen-bond acceptors (Lipinski definition) is 11. The molecule has 0 unspecified atom stereocenters. The predicted molar refractivity (Wildman–Crippen MR) is 199 cm³/mol. The van der Waals surface area contributed by atoms with Crippen molar-refractivity contribution in [3.8, 4) is 23.1 Å². The van der Waals surface area contributed by atoms with E-state index in [0.717, 1.165) is 57.4 Å². The van der Waals surface area contributed by atoms with Crippen LogP contribution in [0.5, 0.6) is 11.9 Å². The number of β-amino-alcohol motifs (C(OH)–C–C–N with tert-alkyl or cyclic N) is 1. The Morgan fingerprint density at radius 1 is 1.08 bits per heavy atom. The van der Waals surface area contributed by atoms with Crippen LogP contribution in [0.25, 0.3) is 33.1 Å². The van der Waals surface area contributed by atoms with Crippen molar-refractivity contribution in [3.05, 3.63) is 28.7 Å². The molecule has 0 bridgehead atoms. The number of hydrogen-bond donors (Lipinski definition) is 2. The van der Waals surface area contributed by atoms with Crippen LogP contribution >= 0.6 is 11.6 Å². The molecule has 2 N–H and O–H groups in total. The molecule has 2 aliphatic carbocycles. The molecular formula is C39H49ClFN7O5. The largest absolute Gasteiger partial charge is 0.480 e. The van der Waals surface area contributed by atoms with Crippen molar-refractivity contribution in [2.75, 3.05) is 64.7 Å². The van der Waals surface area contributed by atoms with Crippen molar-refractivity contribution < 1.29 is 28.4 Å². The number of nitrogens with zero attached hydrogens (tertiary/aromatic N) is 6. The normalized spacial score (nSPS) is 28.0. The Bertz CT molecular complexity index is 2030. The highest BCUT2D eigenvalue weighted by molar-refractivity contribution is 6.35. The number of aliphatic hydroxyl groups is 1. The summed E-state index contributed by atoms with van der Waals surface area (Å²) in [6, 6.07) is 3.01. The molecule has 1 spiro atoms. The van der Waals surface area contributed by atoms with Gasteiger partial charge in [-0.2, -0.15) is 15.1 Å². The summed E-state index contributed by atoms with van der Waals surface area (Å²) in [7, 11) is 1.49. The quantitative estimate of drug-likeness (QED) is 0.223. The fourth-order valence-corrected chi connectivity index (χ4v) is 10.5. The molecule has 3 aromatic heterocycles. The lowest BCUT2D eigenvalue weighted by molar-refractivity contribution is -0.112. The standard InChI is InChI=1S/C39H49ClFN7O5/c1-23-16-26-25(19-42-46-26)28(30(23)40)32-31(41)33-29(35(43-32)50-3)34(47-12-15-52-21-37(2,49)20-47)45-36(44-33)53-22-39-7-4-6-27(39)48(11-5-8-39)24-17-38(18-24)9-13-51-14-10-38/h16,19,24,27,49H,4-15,17-18,20-22H2,1-3H3,(H,42,46)/t27-,37+,39-/m1/s1. The van der Waals surface area contributed by atoms with E-state index in [9.17, 15) is 5.11 Å². The van der Waals surface area contributed by atoms with Crippen LogP contribution in [0.15, 0.2) is 12.3 Å². The van der Waals surface area contributed by atoms with Crippen molar-refractivity contribution in [1.82, 2.24) is 30.0 Å². The second-order valence-corrected chi connectivity index (χ2v) is 17.0. The van der Waals surface area contributed by atoms with E-state index in [1.165, 1.54) is 32.8 Å². The molecule has 5 aliphatic rings. The van der Waals surface area contributed by atoms with Gasteiger partial charge in [0.25, 0.3) is 0 Å². The number of piperidine rings is 1. The maximum absolute atomic E-state index is 17.3. The van der Waals surface area contributed by atoms with Gasteiger partial charge in [-0.15, -0.1) is 0 Å². The van der Waals surface area contributed by atoms with Gasteiger partial charge in [0.2, 0.25) is 5.88 Å². The zero-order valence-corrected chi connectivity index (χ0v) is 31.6. The van der Waals surface area contributed by atoms with Crippen molar-refractivity contribution in [2.45, 2.75) is 89.3 Å². The first-order chi connectivity index (χ1) is 25.6. The number of ether oxygens (including phenoxy) is 4. The number of rotatable bonds is 7. The summed E-state index contributed by atoms with van der Waals surface area (Å²) in [5.41, 5.74) is 1.10. The van der Waals surface area contributed by atoms with Gasteiger partial charge in [-0.3, -0.25) is 10.00 Å². The van der Waals surface area contributed by atoms with Crippen molar-refractivity contribution in [1.29, 1.82) is 0 Å². The van der Waals surface area contributed by atoms with E-state index < -0.39 is 11.4 Å². The molecule has 12 nitrogen and oxygen atoms in total. The van der Waals surface area contributed by atoms with Crippen LogP contribution < -0.4 is 14.4 Å². The minimum atomic E-state index is -1.18. The summed E-state index contributed by atoms with van der Waals surface area (Å²) in [6.45, 7) is 8.04. The fourth-order valence-electron chi connectivity index (χ4n) is 10.3. The number of fused-ring (bicyclic) bond motifs is 3. The van der Waals surface area contributed by atoms with Crippen LogP contribution in [-0.4, -0.2) is 113 Å². The van der Waals surface area contributed by atoms with Crippen LogP contribution in [-0.2, 0) is 9.47 Å². The number of aromatic nitrogens is 5. The predicted octanol–water partition coefficient (Wildman–Crippen LogP) is 6.24. The van der Waals surface area contributed by atoms with Crippen molar-refractivity contribution in [2.24, 2.45) is 10.8 Å². The maximum atomic E-state index is 17.3. The summed E-state index contributed by atoms with van der Waals surface area (Å²) in [4.78, 5) is 19.2. The molecule has 4 aromatic rings. The molecule has 0 amide bonds. The molecule has 2 saturated carbocycles. The summed E-state index contributed by atoms with van der Waals surface area (Å²) in [5, 5.41) is 19.6. The Hall–Kier alpha value is -3.36. The van der Waals surface area contributed by atoms with Crippen LogP contribution in [0.1, 0.15) is 70.3 Å². The minimum Gasteiger partial charge on any atom is -0.480 e. The molecule has 53 heavy (non-hydrogen) atoms. The van der Waals surface area contributed by atoms with Crippen LogP contribution in [0.2, 0.25) is 5.02 Å². The highest BCUT2D eigenvalue weighted by Crippen LogP contribution is 2.56. The first kappa shape index (κ1) is 35.3. The van der Waals surface area contributed by atoms with E-state index in [1.54, 1.807) is 13.1 Å². The van der Waals surface area contributed by atoms with Gasteiger partial charge in [0, 0.05) is 48.2 Å². The average molecular weight is 750 g/mol. The van der Waals surface area contributed by atoms with E-state index in [-0.39, 0.29) is 41.7 Å². The first-order valence-corrected chi connectivity index (χ1v) is 19.6. The van der Waals surface area contributed by atoms with Gasteiger partial charge in [0.1, 0.15) is 28.0 Å². The lowest BCUT2D eigenvalue weighted by Crippen LogP contribution is -2.61. The van der Waals surface area contributed by atoms with Gasteiger partial charge in [-0.1, -0.05) is 18.0 Å². The summed E-state index contributed by atoms with van der Waals surface area (Å²) in [5.74, 6) is -0.164. The zero-order chi connectivity index (χ0) is 36.5. The van der Waals surface area contributed by atoms with E-state index in [2.05, 4.69) is 15.1 Å². The second kappa shape index (κ2) is 13.4. The average Bonchev–Trinajstić information content (AvgIpc) is 3.75. The molecular weight excluding hydrogens is 701 g/mol. The number of methoxy groups -OCH3 is 1. The molecule has 0 radical (unpaired) electrons. The zero-order valence-electron chi connectivity index (χ0n) is 30.8. The van der Waals surface area contributed by atoms with E-state index in [1.807, 2.05) is 17.9 Å². The molecule has 6 heterocycles. The third-order valence-electron chi connectivity index (χ3n) is 13.0. The first-order valence-electron chi connectivity index (χ1n) is 19.2. The molecule has 3 aliphatic heterocycles. The molecule has 5 fully saturated rings. The number of aromatic amines is 1. The summed E-state index contributed by atoms with van der Waals surface area (Å²) < 4.78 is 41.3. The van der Waals surface area contributed by atoms with E-state index in [4.69, 9.17) is 45.5 Å². The van der Waals surface area contributed by atoms with E-state index in [0.29, 0.717) is 70.0 Å². The van der Waals surface area contributed by atoms with Crippen LogP contribution in [0.3, 0.4) is 0 Å². The number of H-pyrrole nitrogens is 1. The minimum absolute atomic E-state index is 0.00332. The monoisotopic (exact) mass is 749 g/mol. The molecule has 14 heteroatoms. The summed E-state index contributed by atoms with van der Waals surface area (Å²) >= 11 is 6.89. The second-order valence-electron chi connectivity index (χ2n) is 16.6. The summed E-state index contributed by atoms with van der Waals surface area (Å²) in [6.07, 6.45) is 12.1. The third-order valence-corrected chi connectivity index (χ3v) is 13.4. The third kappa shape index (κ3) is 6.11. The Morgan fingerprint density at radius 3 is 2.70 bits per heavy atom. The Labute approximate surface area is 313 Å². The molecule has 9 rings (SSSR count). The lowest BCUT2D eigenvalue weighted by Gasteiger charge is -2.58. The lowest BCUT2D eigenvalue weighted by atomic mass is 9.60. The Morgan fingerprint density at radius 2 is 1.89 bits per heavy atom. The SMILES string of the molecule is COc1nc(-c2c(Cl)c(C)cc3[nH]ncc23)c(F)c2nc(OC[C@]34CCC[C@H]3N(C3CC5(CCOCC5)C3)CCC4)nc(N3CCOC[C@@](C)(O)C3)c12. The topological polar surface area (TPSA) is 131 Å². The van der Waals surface area contributed by atoms with Gasteiger partial charge in [0.15, 0.2) is 5.82 Å². The van der Waals surface area contributed by atoms with Gasteiger partial charge >= 0.3 is 6.01 Å². The van der Waals surface area contributed by atoms with Gasteiger partial charge in [0.05, 0.1) is 50.2 Å². The Kier molecular flexibility index (Phi) is 8.96. The van der Waals surface area contributed by atoms with Crippen molar-refractivity contribution in [3.63, 3.8) is 0 Å². The molecule has 284 valence electrons. The molecule has 3 atom stereocenters. The highest BCUT2D eigenvalue weighted by Gasteiger charge is 2.55. The Balaban J connectivity index is 1.11. The molecule has 3 saturated heterocycles. The molecule has 1 aromatic carbocycles.